The smallest absolute Gasteiger partial charge is 0.182 e. The standard InChI is InChI=1S/C27H30ClN4O2/c1-30(2)14-3-18-33-26-10-6-24(7-11-26)32-20-27(29-21-32)22-4-8-25(9-5-22)34-19-17-31-15-12-23(28)13-16-31/h4-13,15-16,20-21H,3,14,17-19H2,1-2H3/q+1. The van der Waals surface area contributed by atoms with Crippen LogP contribution >= 0.6 is 11.6 Å². The van der Waals surface area contributed by atoms with Crippen LogP contribution in [0.2, 0.25) is 5.02 Å². The number of halogens is 1. The monoisotopic (exact) mass is 477 g/mol. The number of hydrogen-bond donors (Lipinski definition) is 0. The first kappa shape index (κ1) is 23.8. The predicted molar refractivity (Wildman–Crippen MR) is 135 cm³/mol. The summed E-state index contributed by atoms with van der Waals surface area (Å²) in [7, 11) is 4.14. The molecule has 0 fully saturated rings. The van der Waals surface area contributed by atoms with Gasteiger partial charge in [0.25, 0.3) is 0 Å². The van der Waals surface area contributed by atoms with Crippen LogP contribution in [0.1, 0.15) is 6.42 Å². The number of benzene rings is 2. The Kier molecular flexibility index (Phi) is 8.17. The summed E-state index contributed by atoms with van der Waals surface area (Å²) in [5.41, 5.74) is 2.99. The maximum atomic E-state index is 5.92. The van der Waals surface area contributed by atoms with Gasteiger partial charge < -0.3 is 18.9 Å². The van der Waals surface area contributed by atoms with Gasteiger partial charge in [-0.05, 0) is 69.0 Å². The first-order valence-corrected chi connectivity index (χ1v) is 11.7. The van der Waals surface area contributed by atoms with Gasteiger partial charge in [0.1, 0.15) is 18.1 Å². The molecule has 0 amide bonds. The summed E-state index contributed by atoms with van der Waals surface area (Å²) in [6, 6.07) is 19.8. The first-order valence-electron chi connectivity index (χ1n) is 11.4. The Bertz CT molecular complexity index is 1160. The van der Waals surface area contributed by atoms with E-state index in [-0.39, 0.29) is 0 Å². The van der Waals surface area contributed by atoms with Gasteiger partial charge in [-0.3, -0.25) is 0 Å². The topological polar surface area (TPSA) is 43.4 Å². The zero-order valence-corrected chi connectivity index (χ0v) is 20.4. The van der Waals surface area contributed by atoms with Crippen molar-refractivity contribution in [2.24, 2.45) is 0 Å². The molecule has 4 rings (SSSR count). The SMILES string of the molecule is CN(C)CCCOc1ccc(-n2cnc(-c3ccc(OCC[n+]4ccc(Cl)cc4)cc3)c2)cc1. The molecule has 0 bridgehead atoms. The molecule has 0 aliphatic carbocycles. The van der Waals surface area contributed by atoms with Crippen LogP contribution in [0.15, 0.2) is 85.6 Å². The van der Waals surface area contributed by atoms with Gasteiger partial charge in [0, 0.05) is 36.1 Å². The molecular formula is C27H30ClN4O2+. The van der Waals surface area contributed by atoms with Crippen LogP contribution in [0.25, 0.3) is 16.9 Å². The van der Waals surface area contributed by atoms with Gasteiger partial charge >= 0.3 is 0 Å². The highest BCUT2D eigenvalue weighted by Crippen LogP contribution is 2.23. The average molecular weight is 478 g/mol. The zero-order chi connectivity index (χ0) is 23.8. The Morgan fingerprint density at radius 3 is 2.21 bits per heavy atom. The quantitative estimate of drug-likeness (QED) is 0.228. The maximum Gasteiger partial charge on any atom is 0.182 e. The molecule has 0 aliphatic rings. The normalized spacial score (nSPS) is 11.1. The molecule has 0 N–H and O–H groups in total. The van der Waals surface area contributed by atoms with E-state index in [9.17, 15) is 0 Å². The molecule has 2 aromatic heterocycles. The second kappa shape index (κ2) is 11.7. The Hall–Kier alpha value is -3.35. The summed E-state index contributed by atoms with van der Waals surface area (Å²) >= 11 is 5.92. The molecule has 0 saturated carbocycles. The van der Waals surface area contributed by atoms with Crippen molar-refractivity contribution < 1.29 is 14.0 Å². The third-order valence-corrected chi connectivity index (χ3v) is 5.61. The number of rotatable bonds is 11. The Morgan fingerprint density at radius 2 is 1.53 bits per heavy atom. The van der Waals surface area contributed by atoms with E-state index in [1.807, 2.05) is 94.7 Å². The Balaban J connectivity index is 1.29. The van der Waals surface area contributed by atoms with Crippen molar-refractivity contribution in [2.45, 2.75) is 13.0 Å². The van der Waals surface area contributed by atoms with Gasteiger partial charge in [0.05, 0.1) is 23.7 Å². The van der Waals surface area contributed by atoms with Crippen LogP contribution in [0.3, 0.4) is 0 Å². The van der Waals surface area contributed by atoms with Gasteiger partial charge in [0.2, 0.25) is 0 Å². The molecule has 0 radical (unpaired) electrons. The Labute approximate surface area is 206 Å². The molecule has 2 aromatic carbocycles. The van der Waals surface area contributed by atoms with Crippen molar-refractivity contribution in [1.82, 2.24) is 14.5 Å². The summed E-state index contributed by atoms with van der Waals surface area (Å²) in [4.78, 5) is 6.73. The fourth-order valence-corrected chi connectivity index (χ4v) is 3.59. The zero-order valence-electron chi connectivity index (χ0n) is 19.6. The van der Waals surface area contributed by atoms with E-state index in [0.29, 0.717) is 13.2 Å². The van der Waals surface area contributed by atoms with Crippen LogP contribution in [0, 0.1) is 0 Å². The summed E-state index contributed by atoms with van der Waals surface area (Å²) in [5.74, 6) is 1.71. The fourth-order valence-electron chi connectivity index (χ4n) is 3.48. The minimum absolute atomic E-state index is 0.579. The first-order chi connectivity index (χ1) is 16.6. The summed E-state index contributed by atoms with van der Waals surface area (Å²) in [6.07, 6.45) is 8.75. The van der Waals surface area contributed by atoms with E-state index >= 15 is 0 Å². The van der Waals surface area contributed by atoms with E-state index in [1.165, 1.54) is 0 Å². The lowest BCUT2D eigenvalue weighted by molar-refractivity contribution is -0.697. The van der Waals surface area contributed by atoms with E-state index in [1.54, 1.807) is 0 Å². The molecule has 4 aromatic rings. The molecule has 0 aliphatic heterocycles. The van der Waals surface area contributed by atoms with Crippen molar-refractivity contribution in [3.8, 4) is 28.4 Å². The lowest BCUT2D eigenvalue weighted by Crippen LogP contribution is -2.35. The van der Waals surface area contributed by atoms with Crippen LogP contribution in [-0.2, 0) is 6.54 Å². The minimum atomic E-state index is 0.579. The highest BCUT2D eigenvalue weighted by atomic mass is 35.5. The molecule has 0 saturated heterocycles. The largest absolute Gasteiger partial charge is 0.494 e. The molecule has 34 heavy (non-hydrogen) atoms. The van der Waals surface area contributed by atoms with Crippen molar-refractivity contribution in [1.29, 1.82) is 0 Å². The summed E-state index contributed by atoms with van der Waals surface area (Å²) in [6.45, 7) is 3.07. The molecule has 0 unspecified atom stereocenters. The molecular weight excluding hydrogens is 448 g/mol. The number of nitrogens with zero attached hydrogens (tertiary/aromatic N) is 4. The third-order valence-electron chi connectivity index (χ3n) is 5.35. The van der Waals surface area contributed by atoms with Gasteiger partial charge in [-0.1, -0.05) is 11.6 Å². The van der Waals surface area contributed by atoms with Gasteiger partial charge in [-0.15, -0.1) is 0 Å². The van der Waals surface area contributed by atoms with E-state index in [2.05, 4.69) is 24.0 Å². The number of ether oxygens (including phenoxy) is 2. The fraction of sp³-hybridized carbons (Fsp3) is 0.259. The molecule has 176 valence electrons. The minimum Gasteiger partial charge on any atom is -0.494 e. The summed E-state index contributed by atoms with van der Waals surface area (Å²) < 4.78 is 15.7. The highest BCUT2D eigenvalue weighted by molar-refractivity contribution is 6.30. The van der Waals surface area contributed by atoms with Gasteiger partial charge in [-0.2, -0.15) is 0 Å². The second-order valence-corrected chi connectivity index (χ2v) is 8.73. The van der Waals surface area contributed by atoms with Crippen molar-refractivity contribution >= 4 is 11.6 Å². The van der Waals surface area contributed by atoms with Crippen molar-refractivity contribution in [3.63, 3.8) is 0 Å². The third kappa shape index (κ3) is 6.83. The van der Waals surface area contributed by atoms with E-state index in [0.717, 1.165) is 53.0 Å². The second-order valence-electron chi connectivity index (χ2n) is 8.29. The highest BCUT2D eigenvalue weighted by Gasteiger charge is 2.06. The van der Waals surface area contributed by atoms with Crippen LogP contribution in [0.5, 0.6) is 11.5 Å². The molecule has 7 heteroatoms. The van der Waals surface area contributed by atoms with Gasteiger partial charge in [-0.25, -0.2) is 9.55 Å². The number of pyridine rings is 1. The molecule has 2 heterocycles. The van der Waals surface area contributed by atoms with Crippen LogP contribution in [0.4, 0.5) is 0 Å². The molecule has 0 spiro atoms. The molecule has 0 atom stereocenters. The van der Waals surface area contributed by atoms with Crippen molar-refractivity contribution in [3.05, 3.63) is 90.6 Å². The van der Waals surface area contributed by atoms with Crippen LogP contribution < -0.4 is 14.0 Å². The Morgan fingerprint density at radius 1 is 0.882 bits per heavy atom. The summed E-state index contributed by atoms with van der Waals surface area (Å²) in [5, 5.41) is 0.729. The lowest BCUT2D eigenvalue weighted by Gasteiger charge is -2.10. The number of hydrogen-bond acceptors (Lipinski definition) is 4. The predicted octanol–water partition coefficient (Wildman–Crippen LogP) is 4.89. The average Bonchev–Trinajstić information content (AvgIpc) is 3.34. The van der Waals surface area contributed by atoms with Gasteiger partial charge in [0.15, 0.2) is 18.9 Å². The maximum absolute atomic E-state index is 5.92. The van der Waals surface area contributed by atoms with E-state index in [4.69, 9.17) is 21.1 Å². The number of aromatic nitrogens is 3. The van der Waals surface area contributed by atoms with E-state index < -0.39 is 0 Å². The molecule has 6 nitrogen and oxygen atoms in total. The lowest BCUT2D eigenvalue weighted by atomic mass is 10.1. The number of imidazole rings is 1. The van der Waals surface area contributed by atoms with Crippen molar-refractivity contribution in [2.75, 3.05) is 33.9 Å². The van der Waals surface area contributed by atoms with Crippen LogP contribution in [-0.4, -0.2) is 48.3 Å².